The highest BCUT2D eigenvalue weighted by Gasteiger charge is 2.33. The molecule has 1 aromatic rings. The van der Waals surface area contributed by atoms with Crippen molar-refractivity contribution in [1.29, 1.82) is 0 Å². The Morgan fingerprint density at radius 2 is 2.30 bits per heavy atom. The van der Waals surface area contributed by atoms with E-state index in [1.165, 1.54) is 5.38 Å². The maximum Gasteiger partial charge on any atom is 0.345 e. The molecule has 2 heterocycles. The smallest absolute Gasteiger partial charge is 0.345 e. The third-order valence-electron chi connectivity index (χ3n) is 2.66. The molecule has 0 aliphatic carbocycles. The molecule has 7 nitrogen and oxygen atoms in total. The van der Waals surface area contributed by atoms with Gasteiger partial charge in [-0.1, -0.05) is 0 Å². The zero-order valence-electron chi connectivity index (χ0n) is 11.0. The molecule has 112 valence electrons. The summed E-state index contributed by atoms with van der Waals surface area (Å²) in [6.07, 6.45) is -0.364. The molecule has 1 saturated heterocycles. The fourth-order valence-corrected chi connectivity index (χ4v) is 3.90. The van der Waals surface area contributed by atoms with E-state index in [1.807, 2.05) is 0 Å². The van der Waals surface area contributed by atoms with Crippen molar-refractivity contribution in [1.82, 2.24) is 4.72 Å². The third-order valence-corrected chi connectivity index (χ3v) is 5.14. The fourth-order valence-electron chi connectivity index (χ4n) is 1.72. The molecule has 2 N–H and O–H groups in total. The van der Waals surface area contributed by atoms with Gasteiger partial charge < -0.3 is 14.6 Å². The first-order chi connectivity index (χ1) is 9.20. The number of nitrogens with one attached hydrogen (secondary N) is 1. The first kappa shape index (κ1) is 15.4. The number of rotatable bonds is 5. The van der Waals surface area contributed by atoms with Crippen LogP contribution in [0.25, 0.3) is 0 Å². The van der Waals surface area contributed by atoms with Gasteiger partial charge in [0.2, 0.25) is 10.0 Å². The summed E-state index contributed by atoms with van der Waals surface area (Å²) in [5, 5.41) is 10.1. The molecule has 0 aromatic carbocycles. The molecule has 0 radical (unpaired) electrons. The lowest BCUT2D eigenvalue weighted by Gasteiger charge is -2.17. The van der Waals surface area contributed by atoms with Gasteiger partial charge in [-0.3, -0.25) is 0 Å². The highest BCUT2D eigenvalue weighted by molar-refractivity contribution is 7.89. The number of carbonyl (C=O) groups is 1. The molecular formula is C11H15NO6S2. The molecule has 0 bridgehead atoms. The summed E-state index contributed by atoms with van der Waals surface area (Å²) >= 11 is 0.868. The molecule has 1 aromatic heterocycles. The van der Waals surface area contributed by atoms with E-state index in [9.17, 15) is 13.2 Å². The number of carboxylic acids is 1. The standard InChI is InChI=1S/C11H15NO6S2/c1-11(2)17-5-7(18-11)4-12-20(15,16)8-3-9(10(13)14)19-6-8/h3,6-7,12H,4-5H2,1-2H3,(H,13,14). The van der Waals surface area contributed by atoms with E-state index in [0.29, 0.717) is 6.61 Å². The van der Waals surface area contributed by atoms with Crippen LogP contribution in [0.3, 0.4) is 0 Å². The molecule has 0 saturated carbocycles. The minimum atomic E-state index is -3.74. The summed E-state index contributed by atoms with van der Waals surface area (Å²) in [5.74, 6) is -1.86. The van der Waals surface area contributed by atoms with E-state index in [-0.39, 0.29) is 22.4 Å². The number of hydrogen-bond acceptors (Lipinski definition) is 6. The van der Waals surface area contributed by atoms with Crippen molar-refractivity contribution in [3.63, 3.8) is 0 Å². The van der Waals surface area contributed by atoms with Crippen molar-refractivity contribution >= 4 is 27.3 Å². The summed E-state index contributed by atoms with van der Waals surface area (Å²) in [5.41, 5.74) is 0. The van der Waals surface area contributed by atoms with Crippen LogP contribution < -0.4 is 4.72 Å². The lowest BCUT2D eigenvalue weighted by molar-refractivity contribution is -0.137. The van der Waals surface area contributed by atoms with Crippen molar-refractivity contribution in [3.05, 3.63) is 16.3 Å². The van der Waals surface area contributed by atoms with Crippen LogP contribution in [0.4, 0.5) is 0 Å². The zero-order chi connectivity index (χ0) is 15.0. The van der Waals surface area contributed by atoms with Crippen molar-refractivity contribution in [2.24, 2.45) is 0 Å². The average molecular weight is 321 g/mol. The molecule has 9 heteroatoms. The van der Waals surface area contributed by atoms with E-state index in [4.69, 9.17) is 14.6 Å². The van der Waals surface area contributed by atoms with Crippen LogP contribution in [0.15, 0.2) is 16.3 Å². The van der Waals surface area contributed by atoms with Crippen molar-refractivity contribution in [2.45, 2.75) is 30.6 Å². The van der Waals surface area contributed by atoms with Gasteiger partial charge in [-0.25, -0.2) is 17.9 Å². The highest BCUT2D eigenvalue weighted by atomic mass is 32.2. The second-order valence-electron chi connectivity index (χ2n) is 4.75. The van der Waals surface area contributed by atoms with Gasteiger partial charge in [0, 0.05) is 11.9 Å². The molecular weight excluding hydrogens is 306 g/mol. The van der Waals surface area contributed by atoms with Gasteiger partial charge in [0.25, 0.3) is 0 Å². The number of hydrogen-bond donors (Lipinski definition) is 2. The third kappa shape index (κ3) is 3.55. The van der Waals surface area contributed by atoms with Crippen molar-refractivity contribution in [2.75, 3.05) is 13.2 Å². The number of carboxylic acid groups (broad SMARTS) is 1. The Kier molecular flexibility index (Phi) is 4.17. The van der Waals surface area contributed by atoms with Crippen LogP contribution in [-0.2, 0) is 19.5 Å². The van der Waals surface area contributed by atoms with Crippen LogP contribution >= 0.6 is 11.3 Å². The number of aromatic carboxylic acids is 1. The van der Waals surface area contributed by atoms with Crippen molar-refractivity contribution < 1.29 is 27.8 Å². The van der Waals surface area contributed by atoms with E-state index < -0.39 is 21.8 Å². The molecule has 20 heavy (non-hydrogen) atoms. The Labute approximate surface area is 120 Å². The van der Waals surface area contributed by atoms with Gasteiger partial charge in [0.15, 0.2) is 5.79 Å². The lowest BCUT2D eigenvalue weighted by Crippen LogP contribution is -2.34. The second kappa shape index (κ2) is 5.41. The lowest BCUT2D eigenvalue weighted by atomic mass is 10.4. The Balaban J connectivity index is 1.99. The average Bonchev–Trinajstić information content (AvgIpc) is 2.93. The molecule has 0 amide bonds. The summed E-state index contributed by atoms with van der Waals surface area (Å²) in [6.45, 7) is 3.88. The van der Waals surface area contributed by atoms with Crippen LogP contribution in [0.2, 0.25) is 0 Å². The quantitative estimate of drug-likeness (QED) is 0.834. The summed E-state index contributed by atoms with van der Waals surface area (Å²) < 4.78 is 37.2. The molecule has 0 spiro atoms. The summed E-state index contributed by atoms with van der Waals surface area (Å²) in [4.78, 5) is 10.7. The first-order valence-electron chi connectivity index (χ1n) is 5.83. The Hall–Kier alpha value is -1.00. The monoisotopic (exact) mass is 321 g/mol. The fraction of sp³-hybridized carbons (Fsp3) is 0.545. The number of sulfonamides is 1. The molecule has 1 aliphatic rings. The van der Waals surface area contributed by atoms with Crippen LogP contribution in [0, 0.1) is 0 Å². The minimum absolute atomic E-state index is 0.0213. The van der Waals surface area contributed by atoms with Gasteiger partial charge in [-0.05, 0) is 19.9 Å². The topological polar surface area (TPSA) is 102 Å². The maximum absolute atomic E-state index is 12.0. The predicted octanol–water partition coefficient (Wildman–Crippen LogP) is 0.876. The van der Waals surface area contributed by atoms with Gasteiger partial charge in [0.05, 0.1) is 17.6 Å². The molecule has 2 rings (SSSR count). The van der Waals surface area contributed by atoms with Gasteiger partial charge in [-0.2, -0.15) is 0 Å². The number of thiophene rings is 1. The Morgan fingerprint density at radius 3 is 2.80 bits per heavy atom. The Morgan fingerprint density at radius 1 is 1.60 bits per heavy atom. The minimum Gasteiger partial charge on any atom is -0.477 e. The van der Waals surface area contributed by atoms with Crippen molar-refractivity contribution in [3.8, 4) is 0 Å². The summed E-state index contributed by atoms with van der Waals surface area (Å²) in [6, 6.07) is 1.13. The van der Waals surface area contributed by atoms with Gasteiger partial charge >= 0.3 is 5.97 Å². The van der Waals surface area contributed by atoms with E-state index in [2.05, 4.69) is 4.72 Å². The van der Waals surface area contributed by atoms with E-state index >= 15 is 0 Å². The normalized spacial score (nSPS) is 22.0. The van der Waals surface area contributed by atoms with Gasteiger partial charge in [-0.15, -0.1) is 11.3 Å². The van der Waals surface area contributed by atoms with Crippen LogP contribution in [-0.4, -0.2) is 44.5 Å². The molecule has 1 unspecified atom stereocenters. The molecule has 1 aliphatic heterocycles. The first-order valence-corrected chi connectivity index (χ1v) is 8.19. The van der Waals surface area contributed by atoms with E-state index in [1.54, 1.807) is 13.8 Å². The maximum atomic E-state index is 12.0. The summed E-state index contributed by atoms with van der Waals surface area (Å²) in [7, 11) is -3.74. The van der Waals surface area contributed by atoms with Crippen LogP contribution in [0.1, 0.15) is 23.5 Å². The highest BCUT2D eigenvalue weighted by Crippen LogP contribution is 2.23. The largest absolute Gasteiger partial charge is 0.477 e. The molecule has 1 atom stereocenters. The molecule has 1 fully saturated rings. The second-order valence-corrected chi connectivity index (χ2v) is 7.43. The predicted molar refractivity (Wildman–Crippen MR) is 71.4 cm³/mol. The number of ether oxygens (including phenoxy) is 2. The Bertz CT molecular complexity index is 606. The van der Waals surface area contributed by atoms with Crippen LogP contribution in [0.5, 0.6) is 0 Å². The SMILES string of the molecule is CC1(C)OCC(CNS(=O)(=O)c2csc(C(=O)O)c2)O1. The van der Waals surface area contributed by atoms with E-state index in [0.717, 1.165) is 17.4 Å². The van der Waals surface area contributed by atoms with Gasteiger partial charge in [0.1, 0.15) is 4.88 Å². The zero-order valence-corrected chi connectivity index (χ0v) is 12.6.